The number of aliphatic hydroxyl groups is 1. The summed E-state index contributed by atoms with van der Waals surface area (Å²) in [5, 5.41) is 22.0. The van der Waals surface area contributed by atoms with Gasteiger partial charge in [-0.15, -0.1) is 0 Å². The molecule has 1 unspecified atom stereocenters. The topological polar surface area (TPSA) is 86.6 Å². The maximum absolute atomic E-state index is 12.1. The lowest BCUT2D eigenvalue weighted by molar-refractivity contribution is 0.0696. The first-order valence-electron chi connectivity index (χ1n) is 6.03. The van der Waals surface area contributed by atoms with Gasteiger partial charge in [0.1, 0.15) is 6.10 Å². The van der Waals surface area contributed by atoms with E-state index in [4.69, 9.17) is 5.11 Å². The van der Waals surface area contributed by atoms with E-state index in [0.717, 1.165) is 0 Å². The molecule has 0 bridgehead atoms. The van der Waals surface area contributed by atoms with Gasteiger partial charge in [-0.2, -0.15) is 0 Å². The van der Waals surface area contributed by atoms with Crippen LogP contribution < -0.4 is 5.32 Å². The molecule has 2 aromatic carbocycles. The van der Waals surface area contributed by atoms with E-state index < -0.39 is 12.1 Å². The zero-order valence-electron chi connectivity index (χ0n) is 10.3. The van der Waals surface area contributed by atoms with E-state index in [2.05, 4.69) is 5.32 Å². The van der Waals surface area contributed by atoms with Crippen molar-refractivity contribution in [3.8, 4) is 0 Å². The van der Waals surface area contributed by atoms with Gasteiger partial charge in [-0.25, -0.2) is 4.79 Å². The Bertz CT molecular complexity index is 724. The van der Waals surface area contributed by atoms with Gasteiger partial charge in [-0.1, -0.05) is 24.3 Å². The van der Waals surface area contributed by atoms with Crippen molar-refractivity contribution in [3.63, 3.8) is 0 Å². The Hall–Kier alpha value is -2.66. The number of benzene rings is 2. The molecule has 1 atom stereocenters. The molecule has 0 saturated heterocycles. The van der Waals surface area contributed by atoms with E-state index in [1.807, 2.05) is 0 Å². The summed E-state index contributed by atoms with van der Waals surface area (Å²) in [6.45, 7) is 0. The molecule has 0 fully saturated rings. The number of hydrogen-bond acceptors (Lipinski definition) is 3. The minimum absolute atomic E-state index is 0.0576. The van der Waals surface area contributed by atoms with E-state index in [0.29, 0.717) is 22.4 Å². The van der Waals surface area contributed by atoms with Crippen LogP contribution in [0.1, 0.15) is 37.9 Å². The van der Waals surface area contributed by atoms with Gasteiger partial charge in [0.25, 0.3) is 5.91 Å². The summed E-state index contributed by atoms with van der Waals surface area (Å²) in [5.74, 6) is -1.45. The van der Waals surface area contributed by atoms with Gasteiger partial charge < -0.3 is 15.5 Å². The van der Waals surface area contributed by atoms with E-state index >= 15 is 0 Å². The molecule has 5 heteroatoms. The molecular weight excluding hydrogens is 258 g/mol. The number of carbonyl (C=O) groups is 2. The number of aliphatic hydroxyl groups excluding tert-OH is 1. The Labute approximate surface area is 114 Å². The Kier molecular flexibility index (Phi) is 2.76. The second-order valence-corrected chi connectivity index (χ2v) is 4.55. The van der Waals surface area contributed by atoms with Crippen molar-refractivity contribution in [2.45, 2.75) is 6.10 Å². The standard InChI is InChI=1S/C15H11NO4/c17-13-9-3-1-2-4-10(9)14(18)16-12-7-8(15(19)20)5-6-11(12)13/h1-7,13,17H,(H,16,18)(H,19,20). The number of fused-ring (bicyclic) bond motifs is 2. The van der Waals surface area contributed by atoms with E-state index in [-0.39, 0.29) is 11.5 Å². The molecule has 100 valence electrons. The lowest BCUT2D eigenvalue weighted by Crippen LogP contribution is -2.12. The summed E-state index contributed by atoms with van der Waals surface area (Å²) in [4.78, 5) is 23.1. The summed E-state index contributed by atoms with van der Waals surface area (Å²) < 4.78 is 0. The Balaban J connectivity index is 2.19. The van der Waals surface area contributed by atoms with Crippen molar-refractivity contribution in [1.82, 2.24) is 0 Å². The minimum atomic E-state index is -1.08. The molecule has 20 heavy (non-hydrogen) atoms. The van der Waals surface area contributed by atoms with Crippen LogP contribution in [-0.2, 0) is 0 Å². The molecule has 1 heterocycles. The van der Waals surface area contributed by atoms with Crippen molar-refractivity contribution in [3.05, 3.63) is 64.7 Å². The third kappa shape index (κ3) is 1.85. The van der Waals surface area contributed by atoms with Crippen LogP contribution in [0.3, 0.4) is 0 Å². The van der Waals surface area contributed by atoms with Crippen molar-refractivity contribution < 1.29 is 19.8 Å². The highest BCUT2D eigenvalue weighted by molar-refractivity contribution is 6.07. The second-order valence-electron chi connectivity index (χ2n) is 4.55. The van der Waals surface area contributed by atoms with Crippen LogP contribution in [-0.4, -0.2) is 22.1 Å². The number of carboxylic acid groups (broad SMARTS) is 1. The van der Waals surface area contributed by atoms with Gasteiger partial charge in [-0.3, -0.25) is 4.79 Å². The summed E-state index contributed by atoms with van der Waals surface area (Å²) in [6, 6.07) is 11.0. The van der Waals surface area contributed by atoms with Crippen molar-refractivity contribution in [2.75, 3.05) is 5.32 Å². The highest BCUT2D eigenvalue weighted by atomic mass is 16.4. The first kappa shape index (κ1) is 12.4. The molecule has 5 nitrogen and oxygen atoms in total. The van der Waals surface area contributed by atoms with Crippen LogP contribution in [0, 0.1) is 0 Å². The molecule has 0 aliphatic carbocycles. The normalized spacial score (nSPS) is 16.6. The van der Waals surface area contributed by atoms with Crippen molar-refractivity contribution in [1.29, 1.82) is 0 Å². The number of carboxylic acids is 1. The first-order chi connectivity index (χ1) is 9.58. The molecule has 1 aliphatic heterocycles. The van der Waals surface area contributed by atoms with Gasteiger partial charge in [0.15, 0.2) is 0 Å². The number of amides is 1. The lowest BCUT2D eigenvalue weighted by Gasteiger charge is -2.13. The fourth-order valence-electron chi connectivity index (χ4n) is 2.34. The minimum Gasteiger partial charge on any atom is -0.478 e. The molecule has 2 aromatic rings. The summed E-state index contributed by atoms with van der Waals surface area (Å²) in [6.07, 6.45) is -0.969. The van der Waals surface area contributed by atoms with Crippen LogP contribution in [0.4, 0.5) is 5.69 Å². The third-order valence-corrected chi connectivity index (χ3v) is 3.34. The van der Waals surface area contributed by atoms with Crippen molar-refractivity contribution in [2.24, 2.45) is 0 Å². The first-order valence-corrected chi connectivity index (χ1v) is 6.03. The summed E-state index contributed by atoms with van der Waals surface area (Å²) in [5.41, 5.74) is 1.74. The fraction of sp³-hybridized carbons (Fsp3) is 0.0667. The number of nitrogens with one attached hydrogen (secondary N) is 1. The molecule has 0 spiro atoms. The Morgan fingerprint density at radius 1 is 1.10 bits per heavy atom. The second kappa shape index (κ2) is 4.47. The maximum atomic E-state index is 12.1. The smallest absolute Gasteiger partial charge is 0.335 e. The van der Waals surface area contributed by atoms with Crippen LogP contribution in [0.2, 0.25) is 0 Å². The zero-order valence-corrected chi connectivity index (χ0v) is 10.3. The molecule has 1 amide bonds. The van der Waals surface area contributed by atoms with Crippen molar-refractivity contribution >= 4 is 17.6 Å². The summed E-state index contributed by atoms with van der Waals surface area (Å²) in [7, 11) is 0. The number of anilines is 1. The predicted molar refractivity (Wildman–Crippen MR) is 71.9 cm³/mol. The monoisotopic (exact) mass is 269 g/mol. The molecule has 3 rings (SSSR count). The van der Waals surface area contributed by atoms with Crippen LogP contribution in [0.15, 0.2) is 42.5 Å². The fourth-order valence-corrected chi connectivity index (χ4v) is 2.34. The van der Waals surface area contributed by atoms with Crippen LogP contribution >= 0.6 is 0 Å². The molecular formula is C15H11NO4. The molecule has 0 aromatic heterocycles. The average molecular weight is 269 g/mol. The van der Waals surface area contributed by atoms with Gasteiger partial charge >= 0.3 is 5.97 Å². The molecule has 0 radical (unpaired) electrons. The SMILES string of the molecule is O=C(O)c1ccc2c(c1)NC(=O)c1ccccc1C2O. The highest BCUT2D eigenvalue weighted by Crippen LogP contribution is 2.34. The van der Waals surface area contributed by atoms with Crippen LogP contribution in [0.5, 0.6) is 0 Å². The lowest BCUT2D eigenvalue weighted by atomic mass is 9.96. The van der Waals surface area contributed by atoms with Gasteiger partial charge in [0.05, 0.1) is 5.56 Å². The van der Waals surface area contributed by atoms with E-state index in [1.54, 1.807) is 24.3 Å². The van der Waals surface area contributed by atoms with Gasteiger partial charge in [-0.05, 0) is 23.8 Å². The quantitative estimate of drug-likeness (QED) is 0.739. The molecule has 0 saturated carbocycles. The van der Waals surface area contributed by atoms with Gasteiger partial charge in [0.2, 0.25) is 0 Å². The molecule has 3 N–H and O–H groups in total. The number of aromatic carboxylic acids is 1. The zero-order chi connectivity index (χ0) is 14.3. The maximum Gasteiger partial charge on any atom is 0.335 e. The highest BCUT2D eigenvalue weighted by Gasteiger charge is 2.26. The number of carbonyl (C=O) groups excluding carboxylic acids is 1. The van der Waals surface area contributed by atoms with Crippen LogP contribution in [0.25, 0.3) is 0 Å². The number of hydrogen-bond donors (Lipinski definition) is 3. The largest absolute Gasteiger partial charge is 0.478 e. The Morgan fingerprint density at radius 3 is 2.60 bits per heavy atom. The average Bonchev–Trinajstić information content (AvgIpc) is 2.55. The predicted octanol–water partition coefficient (Wildman–Crippen LogP) is 2.03. The van der Waals surface area contributed by atoms with E-state index in [9.17, 15) is 14.7 Å². The van der Waals surface area contributed by atoms with E-state index in [1.165, 1.54) is 18.2 Å². The summed E-state index contributed by atoms with van der Waals surface area (Å²) >= 11 is 0. The third-order valence-electron chi connectivity index (χ3n) is 3.34. The van der Waals surface area contributed by atoms with Gasteiger partial charge in [0, 0.05) is 16.8 Å². The Morgan fingerprint density at radius 2 is 1.85 bits per heavy atom. The molecule has 1 aliphatic rings. The number of rotatable bonds is 1.